The molecule has 1 aromatic heterocycles. The Morgan fingerprint density at radius 2 is 1.95 bits per heavy atom. The average molecular weight is 287 g/mol. The maximum Gasteiger partial charge on any atom is 0.330 e. The Kier molecular flexibility index (Phi) is 4.71. The molecule has 0 fully saturated rings. The lowest BCUT2D eigenvalue weighted by Gasteiger charge is -2.15. The van der Waals surface area contributed by atoms with Gasteiger partial charge >= 0.3 is 5.97 Å². The molecule has 6 nitrogen and oxygen atoms in total. The summed E-state index contributed by atoms with van der Waals surface area (Å²) in [5.41, 5.74) is 0.629. The molecular formula is C15H17N3O3. The van der Waals surface area contributed by atoms with E-state index in [0.29, 0.717) is 11.4 Å². The van der Waals surface area contributed by atoms with Crippen LogP contribution in [0.4, 0.5) is 5.95 Å². The predicted molar refractivity (Wildman–Crippen MR) is 78.2 cm³/mol. The topological polar surface area (TPSA) is 84.3 Å². The lowest BCUT2D eigenvalue weighted by atomic mass is 10.1. The Bertz CT molecular complexity index is 602. The minimum absolute atomic E-state index is 0.0165. The number of hydrogen-bond donors (Lipinski definition) is 2. The van der Waals surface area contributed by atoms with Gasteiger partial charge in [0, 0.05) is 12.3 Å². The van der Waals surface area contributed by atoms with E-state index in [4.69, 9.17) is 4.74 Å². The van der Waals surface area contributed by atoms with Gasteiger partial charge in [-0.25, -0.2) is 9.78 Å². The lowest BCUT2D eigenvalue weighted by Crippen LogP contribution is -2.21. The van der Waals surface area contributed by atoms with Gasteiger partial charge in [-0.1, -0.05) is 30.3 Å². The molecule has 0 aliphatic carbocycles. The highest BCUT2D eigenvalue weighted by Gasteiger charge is 2.20. The van der Waals surface area contributed by atoms with Crippen molar-refractivity contribution in [1.82, 2.24) is 9.97 Å². The van der Waals surface area contributed by atoms with Crippen molar-refractivity contribution in [2.45, 2.75) is 26.0 Å². The molecular weight excluding hydrogens is 270 g/mol. The molecule has 1 aromatic carbocycles. The SMILES string of the molecule is CC(C)Oc1ccnc(NC(C(=O)O)c2ccccc2)n1. The molecule has 0 bridgehead atoms. The fourth-order valence-corrected chi connectivity index (χ4v) is 1.78. The number of nitrogens with one attached hydrogen (secondary N) is 1. The van der Waals surface area contributed by atoms with E-state index in [0.717, 1.165) is 0 Å². The van der Waals surface area contributed by atoms with Gasteiger partial charge in [-0.15, -0.1) is 0 Å². The monoisotopic (exact) mass is 287 g/mol. The molecule has 2 aromatic rings. The molecule has 2 N–H and O–H groups in total. The average Bonchev–Trinajstić information content (AvgIpc) is 2.45. The quantitative estimate of drug-likeness (QED) is 0.849. The summed E-state index contributed by atoms with van der Waals surface area (Å²) in [5, 5.41) is 12.2. The molecule has 1 heterocycles. The van der Waals surface area contributed by atoms with Crippen LogP contribution in [0.15, 0.2) is 42.6 Å². The van der Waals surface area contributed by atoms with Crippen LogP contribution in [0.2, 0.25) is 0 Å². The van der Waals surface area contributed by atoms with Crippen LogP contribution in [-0.2, 0) is 4.79 Å². The van der Waals surface area contributed by atoms with Crippen LogP contribution in [-0.4, -0.2) is 27.1 Å². The summed E-state index contributed by atoms with van der Waals surface area (Å²) in [4.78, 5) is 19.6. The van der Waals surface area contributed by atoms with Gasteiger partial charge in [-0.2, -0.15) is 4.98 Å². The molecule has 0 aliphatic heterocycles. The molecule has 0 amide bonds. The number of carboxylic acid groups (broad SMARTS) is 1. The van der Waals surface area contributed by atoms with Gasteiger partial charge in [0.15, 0.2) is 6.04 Å². The summed E-state index contributed by atoms with van der Waals surface area (Å²) in [5.74, 6) is -0.385. The first-order valence-electron chi connectivity index (χ1n) is 6.60. The summed E-state index contributed by atoms with van der Waals surface area (Å²) in [6.45, 7) is 3.78. The van der Waals surface area contributed by atoms with Crippen LogP contribution in [0.25, 0.3) is 0 Å². The van der Waals surface area contributed by atoms with Crippen LogP contribution in [0, 0.1) is 0 Å². The molecule has 2 rings (SSSR count). The van der Waals surface area contributed by atoms with Crippen LogP contribution in [0.1, 0.15) is 25.5 Å². The molecule has 0 saturated heterocycles. The largest absolute Gasteiger partial charge is 0.479 e. The standard InChI is InChI=1S/C15H17N3O3/c1-10(2)21-12-8-9-16-15(17-12)18-13(14(19)20)11-6-4-3-5-7-11/h3-10,13H,1-2H3,(H,19,20)(H,16,17,18). The minimum atomic E-state index is -1.00. The van der Waals surface area contributed by atoms with Crippen LogP contribution >= 0.6 is 0 Å². The molecule has 0 saturated carbocycles. The fraction of sp³-hybridized carbons (Fsp3) is 0.267. The van der Waals surface area contributed by atoms with E-state index in [2.05, 4.69) is 15.3 Å². The number of carboxylic acids is 1. The molecule has 1 atom stereocenters. The molecule has 6 heteroatoms. The normalized spacial score (nSPS) is 12.0. The van der Waals surface area contributed by atoms with Gasteiger partial charge in [0.1, 0.15) is 0 Å². The smallest absolute Gasteiger partial charge is 0.330 e. The van der Waals surface area contributed by atoms with E-state index in [1.165, 1.54) is 6.20 Å². The van der Waals surface area contributed by atoms with Gasteiger partial charge < -0.3 is 15.2 Å². The van der Waals surface area contributed by atoms with Gasteiger partial charge in [0.25, 0.3) is 0 Å². The van der Waals surface area contributed by atoms with Crippen molar-refractivity contribution in [2.75, 3.05) is 5.32 Å². The number of ether oxygens (including phenoxy) is 1. The van der Waals surface area contributed by atoms with E-state index in [1.54, 1.807) is 30.3 Å². The Hall–Kier alpha value is -2.63. The van der Waals surface area contributed by atoms with Crippen LogP contribution < -0.4 is 10.1 Å². The van der Waals surface area contributed by atoms with E-state index < -0.39 is 12.0 Å². The zero-order chi connectivity index (χ0) is 15.2. The third-order valence-electron chi connectivity index (χ3n) is 2.64. The summed E-state index contributed by atoms with van der Waals surface area (Å²) in [7, 11) is 0. The van der Waals surface area contributed by atoms with Crippen LogP contribution in [0.5, 0.6) is 5.88 Å². The summed E-state index contributed by atoms with van der Waals surface area (Å²) in [6, 6.07) is 9.58. The number of aromatic nitrogens is 2. The van der Waals surface area contributed by atoms with Crippen molar-refractivity contribution in [2.24, 2.45) is 0 Å². The van der Waals surface area contributed by atoms with E-state index >= 15 is 0 Å². The third kappa shape index (κ3) is 4.17. The molecule has 0 spiro atoms. The van der Waals surface area contributed by atoms with Crippen LogP contribution in [0.3, 0.4) is 0 Å². The highest BCUT2D eigenvalue weighted by Crippen LogP contribution is 2.19. The highest BCUT2D eigenvalue weighted by molar-refractivity contribution is 5.78. The molecule has 21 heavy (non-hydrogen) atoms. The number of carbonyl (C=O) groups is 1. The second kappa shape index (κ2) is 6.69. The highest BCUT2D eigenvalue weighted by atomic mass is 16.5. The van der Waals surface area contributed by atoms with Crippen molar-refractivity contribution in [1.29, 1.82) is 0 Å². The molecule has 1 unspecified atom stereocenters. The Labute approximate surface area is 122 Å². The van der Waals surface area contributed by atoms with E-state index in [-0.39, 0.29) is 12.1 Å². The van der Waals surface area contributed by atoms with Crippen molar-refractivity contribution in [3.63, 3.8) is 0 Å². The second-order valence-electron chi connectivity index (χ2n) is 4.71. The van der Waals surface area contributed by atoms with Crippen molar-refractivity contribution in [3.8, 4) is 5.88 Å². The first-order valence-corrected chi connectivity index (χ1v) is 6.60. The first kappa shape index (κ1) is 14.8. The maximum absolute atomic E-state index is 11.4. The Morgan fingerprint density at radius 3 is 2.57 bits per heavy atom. The number of rotatable bonds is 6. The number of benzene rings is 1. The predicted octanol–water partition coefficient (Wildman–Crippen LogP) is 2.50. The Morgan fingerprint density at radius 1 is 1.24 bits per heavy atom. The summed E-state index contributed by atoms with van der Waals surface area (Å²) < 4.78 is 5.46. The van der Waals surface area contributed by atoms with Crippen molar-refractivity contribution >= 4 is 11.9 Å². The minimum Gasteiger partial charge on any atom is -0.479 e. The van der Waals surface area contributed by atoms with Gasteiger partial charge in [0.2, 0.25) is 11.8 Å². The molecule has 110 valence electrons. The number of nitrogens with zero attached hydrogens (tertiary/aromatic N) is 2. The lowest BCUT2D eigenvalue weighted by molar-refractivity contribution is -0.138. The number of hydrogen-bond acceptors (Lipinski definition) is 5. The van der Waals surface area contributed by atoms with Gasteiger partial charge in [0.05, 0.1) is 6.10 Å². The Balaban J connectivity index is 2.20. The van der Waals surface area contributed by atoms with Gasteiger partial charge in [-0.05, 0) is 19.4 Å². The fourth-order valence-electron chi connectivity index (χ4n) is 1.78. The molecule has 0 aliphatic rings. The number of anilines is 1. The van der Waals surface area contributed by atoms with E-state index in [9.17, 15) is 9.90 Å². The molecule has 0 radical (unpaired) electrons. The first-order chi connectivity index (χ1) is 10.1. The summed E-state index contributed by atoms with van der Waals surface area (Å²) >= 11 is 0. The second-order valence-corrected chi connectivity index (χ2v) is 4.71. The zero-order valence-corrected chi connectivity index (χ0v) is 11.9. The van der Waals surface area contributed by atoms with Gasteiger partial charge in [-0.3, -0.25) is 0 Å². The number of aliphatic carboxylic acids is 1. The summed E-state index contributed by atoms with van der Waals surface area (Å²) in [6.07, 6.45) is 1.51. The maximum atomic E-state index is 11.4. The van der Waals surface area contributed by atoms with Crippen molar-refractivity contribution in [3.05, 3.63) is 48.2 Å². The zero-order valence-electron chi connectivity index (χ0n) is 11.9. The van der Waals surface area contributed by atoms with E-state index in [1.807, 2.05) is 19.9 Å². The third-order valence-corrected chi connectivity index (χ3v) is 2.64. The van der Waals surface area contributed by atoms with Crippen molar-refractivity contribution < 1.29 is 14.6 Å².